The second kappa shape index (κ2) is 4.75. The minimum Gasteiger partial charge on any atom is -0.297 e. The number of anilines is 1. The minimum absolute atomic E-state index is 0.0794. The van der Waals surface area contributed by atoms with Crippen molar-refractivity contribution in [3.05, 3.63) is 45.6 Å². The van der Waals surface area contributed by atoms with Crippen LogP contribution in [0.25, 0.3) is 10.2 Å². The zero-order valence-corrected chi connectivity index (χ0v) is 12.2. The van der Waals surface area contributed by atoms with Gasteiger partial charge in [-0.15, -0.1) is 11.3 Å². The first-order chi connectivity index (χ1) is 9.15. The Morgan fingerprint density at radius 3 is 2.74 bits per heavy atom. The molecule has 3 rings (SSSR count). The molecule has 0 aliphatic carbocycles. The fourth-order valence-corrected chi connectivity index (χ4v) is 3.66. The molecule has 0 atom stereocenters. The fraction of sp³-hybridized carbons (Fsp3) is 0.143. The molecule has 0 spiro atoms. The van der Waals surface area contributed by atoms with Crippen LogP contribution in [-0.4, -0.2) is 10.9 Å². The number of hydrogen-bond donors (Lipinski definition) is 1. The lowest BCUT2D eigenvalue weighted by Crippen LogP contribution is -2.10. The molecule has 1 aromatic carbocycles. The normalized spacial score (nSPS) is 10.8. The molecule has 0 aliphatic rings. The van der Waals surface area contributed by atoms with Gasteiger partial charge in [-0.05, 0) is 42.5 Å². The second-order valence-electron chi connectivity index (χ2n) is 4.33. The molecule has 0 bridgehead atoms. The van der Waals surface area contributed by atoms with Gasteiger partial charge in [0.25, 0.3) is 5.91 Å². The Morgan fingerprint density at radius 1 is 1.21 bits per heavy atom. The van der Waals surface area contributed by atoms with Gasteiger partial charge >= 0.3 is 0 Å². The van der Waals surface area contributed by atoms with E-state index >= 15 is 0 Å². The van der Waals surface area contributed by atoms with Crippen LogP contribution >= 0.6 is 22.7 Å². The molecule has 2 aromatic heterocycles. The third-order valence-corrected chi connectivity index (χ3v) is 4.86. The molecule has 19 heavy (non-hydrogen) atoms. The number of para-hydroxylation sites is 1. The van der Waals surface area contributed by atoms with Crippen molar-refractivity contribution in [3.8, 4) is 0 Å². The SMILES string of the molecule is Cc1ccsc1C(=O)Nc1nc2c(C)cccc2s1. The monoisotopic (exact) mass is 288 g/mol. The summed E-state index contributed by atoms with van der Waals surface area (Å²) in [6.07, 6.45) is 0. The third-order valence-electron chi connectivity index (χ3n) is 2.91. The number of thiazole rings is 1. The highest BCUT2D eigenvalue weighted by Gasteiger charge is 2.13. The van der Waals surface area contributed by atoms with Gasteiger partial charge in [0.2, 0.25) is 0 Å². The number of amides is 1. The topological polar surface area (TPSA) is 42.0 Å². The molecular weight excluding hydrogens is 276 g/mol. The molecule has 96 valence electrons. The Hall–Kier alpha value is -1.72. The molecule has 3 nitrogen and oxygen atoms in total. The fourth-order valence-electron chi connectivity index (χ4n) is 1.90. The Balaban J connectivity index is 1.92. The van der Waals surface area contributed by atoms with Crippen molar-refractivity contribution in [3.63, 3.8) is 0 Å². The lowest BCUT2D eigenvalue weighted by atomic mass is 10.2. The second-order valence-corrected chi connectivity index (χ2v) is 6.27. The predicted octanol–water partition coefficient (Wildman–Crippen LogP) is 4.23. The lowest BCUT2D eigenvalue weighted by Gasteiger charge is -1.99. The largest absolute Gasteiger partial charge is 0.297 e. The minimum atomic E-state index is -0.0794. The summed E-state index contributed by atoms with van der Waals surface area (Å²) in [6.45, 7) is 3.96. The van der Waals surface area contributed by atoms with E-state index in [-0.39, 0.29) is 5.91 Å². The van der Waals surface area contributed by atoms with Crippen molar-refractivity contribution in [2.45, 2.75) is 13.8 Å². The van der Waals surface area contributed by atoms with E-state index in [9.17, 15) is 4.79 Å². The van der Waals surface area contributed by atoms with E-state index in [1.54, 1.807) is 0 Å². The van der Waals surface area contributed by atoms with E-state index < -0.39 is 0 Å². The maximum atomic E-state index is 12.1. The van der Waals surface area contributed by atoms with Gasteiger partial charge in [-0.25, -0.2) is 4.98 Å². The Labute approximate surface area is 118 Å². The summed E-state index contributed by atoms with van der Waals surface area (Å²) in [7, 11) is 0. The van der Waals surface area contributed by atoms with Crippen LogP contribution in [0.4, 0.5) is 5.13 Å². The summed E-state index contributed by atoms with van der Waals surface area (Å²) < 4.78 is 1.10. The average Bonchev–Trinajstić information content (AvgIpc) is 2.95. The highest BCUT2D eigenvalue weighted by molar-refractivity contribution is 7.22. The van der Waals surface area contributed by atoms with Gasteiger partial charge in [0, 0.05) is 0 Å². The van der Waals surface area contributed by atoms with Gasteiger partial charge in [-0.3, -0.25) is 10.1 Å². The van der Waals surface area contributed by atoms with Crippen molar-refractivity contribution in [2.24, 2.45) is 0 Å². The van der Waals surface area contributed by atoms with E-state index in [0.29, 0.717) is 5.13 Å². The van der Waals surface area contributed by atoms with Crippen LogP contribution in [0.3, 0.4) is 0 Å². The first-order valence-electron chi connectivity index (χ1n) is 5.87. The van der Waals surface area contributed by atoms with E-state index in [0.717, 1.165) is 26.2 Å². The van der Waals surface area contributed by atoms with Crippen LogP contribution in [0.5, 0.6) is 0 Å². The molecule has 5 heteroatoms. The summed E-state index contributed by atoms with van der Waals surface area (Å²) in [4.78, 5) is 17.4. The summed E-state index contributed by atoms with van der Waals surface area (Å²) in [5.41, 5.74) is 3.09. The van der Waals surface area contributed by atoms with Crippen LogP contribution in [-0.2, 0) is 0 Å². The molecule has 0 unspecified atom stereocenters. The molecule has 2 heterocycles. The van der Waals surface area contributed by atoms with Crippen LogP contribution in [0.2, 0.25) is 0 Å². The smallest absolute Gasteiger partial charge is 0.267 e. The number of hydrogen-bond acceptors (Lipinski definition) is 4. The number of aryl methyl sites for hydroxylation is 2. The van der Waals surface area contributed by atoms with Crippen LogP contribution in [0, 0.1) is 13.8 Å². The number of fused-ring (bicyclic) bond motifs is 1. The summed E-state index contributed by atoms with van der Waals surface area (Å²) in [6, 6.07) is 8.00. The van der Waals surface area contributed by atoms with Crippen LogP contribution < -0.4 is 5.32 Å². The molecule has 0 saturated carbocycles. The van der Waals surface area contributed by atoms with Gasteiger partial charge < -0.3 is 0 Å². The van der Waals surface area contributed by atoms with Crippen LogP contribution in [0.15, 0.2) is 29.6 Å². The summed E-state index contributed by atoms with van der Waals surface area (Å²) in [5.74, 6) is -0.0794. The molecule has 1 amide bonds. The predicted molar refractivity (Wildman–Crippen MR) is 81.4 cm³/mol. The molecule has 1 N–H and O–H groups in total. The van der Waals surface area contributed by atoms with Gasteiger partial charge in [-0.1, -0.05) is 23.5 Å². The number of carbonyl (C=O) groups is 1. The summed E-state index contributed by atoms with van der Waals surface area (Å²) >= 11 is 2.96. The number of aromatic nitrogens is 1. The van der Waals surface area contributed by atoms with Crippen molar-refractivity contribution in [2.75, 3.05) is 5.32 Å². The van der Waals surface area contributed by atoms with Crippen molar-refractivity contribution < 1.29 is 4.79 Å². The number of carbonyl (C=O) groups excluding carboxylic acids is 1. The van der Waals surface area contributed by atoms with E-state index in [2.05, 4.69) is 10.3 Å². The van der Waals surface area contributed by atoms with E-state index in [4.69, 9.17) is 0 Å². The lowest BCUT2D eigenvalue weighted by molar-refractivity contribution is 0.103. The average molecular weight is 288 g/mol. The molecule has 0 fully saturated rings. The molecular formula is C14H12N2OS2. The third kappa shape index (κ3) is 2.27. The number of benzene rings is 1. The molecule has 0 radical (unpaired) electrons. The van der Waals surface area contributed by atoms with Crippen molar-refractivity contribution in [1.29, 1.82) is 0 Å². The number of nitrogens with zero attached hydrogens (tertiary/aromatic N) is 1. The quantitative estimate of drug-likeness (QED) is 0.767. The Kier molecular flexibility index (Phi) is 3.08. The summed E-state index contributed by atoms with van der Waals surface area (Å²) in [5, 5.41) is 5.46. The maximum absolute atomic E-state index is 12.1. The standard InChI is InChI=1S/C14H12N2OS2/c1-8-4-3-5-10-11(8)15-14(19-10)16-13(17)12-9(2)6-7-18-12/h3-7H,1-2H3,(H,15,16,17). The number of thiophene rings is 1. The number of rotatable bonds is 2. The van der Waals surface area contributed by atoms with Gasteiger partial charge in [0.15, 0.2) is 5.13 Å². The van der Waals surface area contributed by atoms with Gasteiger partial charge in [0.05, 0.1) is 15.1 Å². The Bertz CT molecular complexity index is 758. The molecule has 0 aliphatic heterocycles. The van der Waals surface area contributed by atoms with Crippen LogP contribution in [0.1, 0.15) is 20.8 Å². The first kappa shape index (κ1) is 12.3. The van der Waals surface area contributed by atoms with Gasteiger partial charge in [-0.2, -0.15) is 0 Å². The molecule has 0 saturated heterocycles. The zero-order chi connectivity index (χ0) is 13.4. The first-order valence-corrected chi connectivity index (χ1v) is 7.56. The van der Waals surface area contributed by atoms with Crippen molar-refractivity contribution in [1.82, 2.24) is 4.98 Å². The zero-order valence-electron chi connectivity index (χ0n) is 10.6. The van der Waals surface area contributed by atoms with E-state index in [1.165, 1.54) is 22.7 Å². The highest BCUT2D eigenvalue weighted by atomic mass is 32.1. The maximum Gasteiger partial charge on any atom is 0.267 e. The van der Waals surface area contributed by atoms with E-state index in [1.807, 2.05) is 43.5 Å². The molecule has 3 aromatic rings. The number of nitrogens with one attached hydrogen (secondary N) is 1. The Morgan fingerprint density at radius 2 is 2.05 bits per heavy atom. The van der Waals surface area contributed by atoms with Gasteiger partial charge in [0.1, 0.15) is 0 Å². The van der Waals surface area contributed by atoms with Crippen molar-refractivity contribution >= 4 is 43.9 Å². The highest BCUT2D eigenvalue weighted by Crippen LogP contribution is 2.28.